The molecule has 0 aliphatic carbocycles. The van der Waals surface area contributed by atoms with E-state index in [0.29, 0.717) is 31.0 Å². The summed E-state index contributed by atoms with van der Waals surface area (Å²) in [7, 11) is 0. The second-order valence-corrected chi connectivity index (χ2v) is 8.25. The number of likely N-dealkylation sites (tertiary alicyclic amines) is 1. The minimum absolute atomic E-state index is 0.0282. The topological polar surface area (TPSA) is 103 Å². The van der Waals surface area contributed by atoms with E-state index in [2.05, 4.69) is 30.5 Å². The van der Waals surface area contributed by atoms with Gasteiger partial charge in [-0.05, 0) is 31.0 Å². The predicted octanol–water partition coefficient (Wildman–Crippen LogP) is 3.67. The lowest BCUT2D eigenvalue weighted by atomic mass is 10.0. The Morgan fingerprint density at radius 1 is 1.22 bits per heavy atom. The fourth-order valence-electron chi connectivity index (χ4n) is 4.70. The SMILES string of the molecule is N#CCCN1CCC(n2c(CCC(=O)c3ccccn3)nc3cnc4[nH]ccc4c32)CC1. The Balaban J connectivity index is 1.46. The summed E-state index contributed by atoms with van der Waals surface area (Å²) in [6.45, 7) is 2.74. The molecule has 5 heterocycles. The molecule has 0 bridgehead atoms. The van der Waals surface area contributed by atoms with Crippen LogP contribution >= 0.6 is 0 Å². The van der Waals surface area contributed by atoms with E-state index in [4.69, 9.17) is 10.2 Å². The number of hydrogen-bond donors (Lipinski definition) is 1. The molecule has 1 fully saturated rings. The lowest BCUT2D eigenvalue weighted by Crippen LogP contribution is -2.35. The highest BCUT2D eigenvalue weighted by Gasteiger charge is 2.26. The Bertz CT molecular complexity index is 1280. The van der Waals surface area contributed by atoms with Gasteiger partial charge in [0.15, 0.2) is 5.78 Å². The molecule has 1 saturated heterocycles. The molecule has 32 heavy (non-hydrogen) atoms. The summed E-state index contributed by atoms with van der Waals surface area (Å²) in [4.78, 5) is 31.9. The van der Waals surface area contributed by atoms with Crippen LogP contribution in [0.25, 0.3) is 22.1 Å². The van der Waals surface area contributed by atoms with Crippen LogP contribution in [-0.4, -0.2) is 54.8 Å². The molecule has 0 unspecified atom stereocenters. The molecule has 1 N–H and O–H groups in total. The third-order valence-corrected chi connectivity index (χ3v) is 6.30. The van der Waals surface area contributed by atoms with Crippen LogP contribution in [0.5, 0.6) is 0 Å². The van der Waals surface area contributed by atoms with Crippen molar-refractivity contribution in [1.29, 1.82) is 5.26 Å². The van der Waals surface area contributed by atoms with E-state index in [1.54, 1.807) is 12.3 Å². The minimum atomic E-state index is 0.0282. The number of hydrogen-bond acceptors (Lipinski definition) is 6. The van der Waals surface area contributed by atoms with E-state index in [0.717, 1.165) is 60.4 Å². The van der Waals surface area contributed by atoms with Gasteiger partial charge >= 0.3 is 0 Å². The normalized spacial score (nSPS) is 15.3. The first-order chi connectivity index (χ1) is 15.7. The zero-order valence-corrected chi connectivity index (χ0v) is 17.9. The van der Waals surface area contributed by atoms with Gasteiger partial charge in [0, 0.05) is 62.7 Å². The third kappa shape index (κ3) is 3.87. The van der Waals surface area contributed by atoms with Gasteiger partial charge in [-0.2, -0.15) is 5.26 Å². The van der Waals surface area contributed by atoms with E-state index < -0.39 is 0 Å². The minimum Gasteiger partial charge on any atom is -0.346 e. The Morgan fingerprint density at radius 3 is 2.88 bits per heavy atom. The van der Waals surface area contributed by atoms with E-state index in [1.807, 2.05) is 30.6 Å². The van der Waals surface area contributed by atoms with Crippen molar-refractivity contribution in [3.63, 3.8) is 0 Å². The maximum Gasteiger partial charge on any atom is 0.181 e. The molecule has 0 atom stereocenters. The number of ketones is 1. The van der Waals surface area contributed by atoms with E-state index in [1.165, 1.54) is 0 Å². The fraction of sp³-hybridized carbons (Fsp3) is 0.375. The van der Waals surface area contributed by atoms with Crippen molar-refractivity contribution in [2.75, 3.05) is 19.6 Å². The molecule has 0 aromatic carbocycles. The Morgan fingerprint density at radius 2 is 2.09 bits per heavy atom. The fourth-order valence-corrected chi connectivity index (χ4v) is 4.70. The maximum atomic E-state index is 12.7. The maximum absolute atomic E-state index is 12.7. The molecule has 8 nitrogen and oxygen atoms in total. The molecule has 4 aromatic rings. The Kier molecular flexibility index (Phi) is 5.65. The zero-order valence-electron chi connectivity index (χ0n) is 17.9. The van der Waals surface area contributed by atoms with Gasteiger partial charge in [-0.1, -0.05) is 6.07 Å². The second-order valence-electron chi connectivity index (χ2n) is 8.25. The van der Waals surface area contributed by atoms with Crippen molar-refractivity contribution in [3.8, 4) is 6.07 Å². The van der Waals surface area contributed by atoms with Gasteiger partial charge in [-0.25, -0.2) is 9.97 Å². The molecule has 0 radical (unpaired) electrons. The van der Waals surface area contributed by atoms with Gasteiger partial charge < -0.3 is 14.5 Å². The van der Waals surface area contributed by atoms with Gasteiger partial charge in [0.25, 0.3) is 0 Å². The monoisotopic (exact) mass is 427 g/mol. The Hall–Kier alpha value is -3.57. The molecule has 4 aromatic heterocycles. The number of Topliss-reactive ketones (excluding diaryl/α,β-unsaturated/α-hetero) is 1. The van der Waals surface area contributed by atoms with Crippen molar-refractivity contribution < 1.29 is 4.79 Å². The molecule has 0 spiro atoms. The predicted molar refractivity (Wildman–Crippen MR) is 121 cm³/mol. The summed E-state index contributed by atoms with van der Waals surface area (Å²) < 4.78 is 2.35. The highest BCUT2D eigenvalue weighted by molar-refractivity contribution is 6.01. The highest BCUT2D eigenvalue weighted by Crippen LogP contribution is 2.32. The van der Waals surface area contributed by atoms with Crippen molar-refractivity contribution in [2.45, 2.75) is 38.1 Å². The van der Waals surface area contributed by atoms with Crippen molar-refractivity contribution >= 4 is 27.9 Å². The summed E-state index contributed by atoms with van der Waals surface area (Å²) in [5.74, 6) is 0.954. The van der Waals surface area contributed by atoms with Gasteiger partial charge in [0.2, 0.25) is 0 Å². The number of nitriles is 1. The number of carbonyl (C=O) groups is 1. The van der Waals surface area contributed by atoms with Gasteiger partial charge in [0.05, 0.1) is 17.8 Å². The van der Waals surface area contributed by atoms with Crippen molar-refractivity contribution in [1.82, 2.24) is 29.4 Å². The van der Waals surface area contributed by atoms with Crippen LogP contribution in [-0.2, 0) is 6.42 Å². The van der Waals surface area contributed by atoms with Gasteiger partial charge in [0.1, 0.15) is 22.7 Å². The molecule has 0 saturated carbocycles. The highest BCUT2D eigenvalue weighted by atomic mass is 16.1. The number of aromatic amines is 1. The zero-order chi connectivity index (χ0) is 21.9. The van der Waals surface area contributed by atoms with Crippen LogP contribution in [0.1, 0.15) is 48.0 Å². The number of nitrogens with zero attached hydrogens (tertiary/aromatic N) is 6. The summed E-state index contributed by atoms with van der Waals surface area (Å²) in [6, 6.07) is 10.0. The number of piperidine rings is 1. The number of aryl methyl sites for hydroxylation is 1. The Labute approximate surface area is 185 Å². The number of carbonyl (C=O) groups excluding carboxylic acids is 1. The second kappa shape index (κ2) is 8.89. The molecule has 8 heteroatoms. The first-order valence-electron chi connectivity index (χ1n) is 11.1. The lowest BCUT2D eigenvalue weighted by Gasteiger charge is -2.33. The molecule has 1 aliphatic heterocycles. The largest absolute Gasteiger partial charge is 0.346 e. The van der Waals surface area contributed by atoms with Gasteiger partial charge in [-0.15, -0.1) is 0 Å². The van der Waals surface area contributed by atoms with Crippen LogP contribution < -0.4 is 0 Å². The third-order valence-electron chi connectivity index (χ3n) is 6.30. The number of imidazole rings is 1. The number of nitrogens with one attached hydrogen (secondary N) is 1. The first kappa shape index (κ1) is 20.3. The number of H-pyrrole nitrogens is 1. The first-order valence-corrected chi connectivity index (χ1v) is 11.1. The van der Waals surface area contributed by atoms with Crippen LogP contribution in [0, 0.1) is 11.3 Å². The summed E-state index contributed by atoms with van der Waals surface area (Å²) >= 11 is 0. The molecule has 5 rings (SSSR count). The van der Waals surface area contributed by atoms with Gasteiger partial charge in [-0.3, -0.25) is 9.78 Å². The van der Waals surface area contributed by atoms with Crippen LogP contribution in [0.3, 0.4) is 0 Å². The smallest absolute Gasteiger partial charge is 0.181 e. The average Bonchev–Trinajstić information content (AvgIpc) is 3.46. The molecule has 0 amide bonds. The number of fused-ring (bicyclic) bond motifs is 3. The van der Waals surface area contributed by atoms with Crippen molar-refractivity contribution in [2.24, 2.45) is 0 Å². The number of aromatic nitrogens is 5. The van der Waals surface area contributed by atoms with Crippen LogP contribution in [0.4, 0.5) is 0 Å². The van der Waals surface area contributed by atoms with E-state index >= 15 is 0 Å². The summed E-state index contributed by atoms with van der Waals surface area (Å²) in [5.41, 5.74) is 3.30. The van der Waals surface area contributed by atoms with Crippen LogP contribution in [0.2, 0.25) is 0 Å². The number of pyridine rings is 2. The summed E-state index contributed by atoms with van der Waals surface area (Å²) in [5, 5.41) is 9.95. The summed E-state index contributed by atoms with van der Waals surface area (Å²) in [6.07, 6.45) is 8.85. The quantitative estimate of drug-likeness (QED) is 0.451. The van der Waals surface area contributed by atoms with Crippen LogP contribution in [0.15, 0.2) is 42.9 Å². The molecule has 1 aliphatic rings. The number of rotatable bonds is 7. The standard InChI is InChI=1S/C24H25N7O/c25-10-3-13-30-14-8-17(9-15-30)31-22(6-5-21(32)19-4-1-2-11-26-19)29-20-16-28-24-18(23(20)31)7-12-27-24/h1-2,4,7,11-12,16-17H,3,5-6,8-9,13-15H2,(H,27,28). The van der Waals surface area contributed by atoms with E-state index in [9.17, 15) is 4.79 Å². The lowest BCUT2D eigenvalue weighted by molar-refractivity contribution is 0.0976. The average molecular weight is 428 g/mol. The van der Waals surface area contributed by atoms with Crippen molar-refractivity contribution in [3.05, 3.63) is 54.4 Å². The molecule has 162 valence electrons. The van der Waals surface area contributed by atoms with E-state index in [-0.39, 0.29) is 5.78 Å². The molecular weight excluding hydrogens is 402 g/mol. The molecular formula is C24H25N7O.